The summed E-state index contributed by atoms with van der Waals surface area (Å²) in [5.41, 5.74) is 0. The Labute approximate surface area is 83.5 Å². The zero-order valence-electron chi connectivity index (χ0n) is 8.17. The zero-order valence-corrected chi connectivity index (χ0v) is 8.99. The predicted octanol–water partition coefficient (Wildman–Crippen LogP) is 0.420. The van der Waals surface area contributed by atoms with E-state index in [1.54, 1.807) is 11.8 Å². The second kappa shape index (κ2) is 8.19. The van der Waals surface area contributed by atoms with Gasteiger partial charge in [0, 0.05) is 24.9 Å². The summed E-state index contributed by atoms with van der Waals surface area (Å²) in [6, 6.07) is 0.0270. The van der Waals surface area contributed by atoms with E-state index < -0.39 is 0 Å². The van der Waals surface area contributed by atoms with Gasteiger partial charge in [-0.25, -0.2) is 4.79 Å². The lowest BCUT2D eigenvalue weighted by molar-refractivity contribution is 0.236. The van der Waals surface area contributed by atoms with E-state index in [4.69, 9.17) is 5.11 Å². The van der Waals surface area contributed by atoms with Crippen LogP contribution < -0.4 is 10.6 Å². The highest BCUT2D eigenvalue weighted by Crippen LogP contribution is 1.95. The standard InChI is InChI=1S/C8H18N2O2S/c1-7(6-13-2)10-8(12)9-4-3-5-11/h7,11H,3-6H2,1-2H3,(H2,9,10,12). The Hall–Kier alpha value is -0.420. The Morgan fingerprint density at radius 1 is 1.62 bits per heavy atom. The molecule has 13 heavy (non-hydrogen) atoms. The largest absolute Gasteiger partial charge is 0.396 e. The minimum atomic E-state index is -0.157. The normalized spacial score (nSPS) is 12.2. The van der Waals surface area contributed by atoms with Gasteiger partial charge >= 0.3 is 6.03 Å². The first-order valence-corrected chi connectivity index (χ1v) is 5.74. The Morgan fingerprint density at radius 2 is 2.31 bits per heavy atom. The monoisotopic (exact) mass is 206 g/mol. The first kappa shape index (κ1) is 12.6. The maximum absolute atomic E-state index is 11.1. The van der Waals surface area contributed by atoms with E-state index in [1.807, 2.05) is 13.2 Å². The molecule has 0 spiro atoms. The van der Waals surface area contributed by atoms with Gasteiger partial charge in [0.15, 0.2) is 0 Å². The third-order valence-electron chi connectivity index (χ3n) is 1.41. The summed E-state index contributed by atoms with van der Waals surface area (Å²) in [5.74, 6) is 0.910. The Balaban J connectivity index is 3.38. The lowest BCUT2D eigenvalue weighted by Crippen LogP contribution is -2.42. The molecule has 0 heterocycles. The molecule has 0 aliphatic rings. The highest BCUT2D eigenvalue weighted by atomic mass is 32.2. The van der Waals surface area contributed by atoms with E-state index in [9.17, 15) is 4.79 Å². The number of carbonyl (C=O) groups excluding carboxylic acids is 1. The fourth-order valence-corrected chi connectivity index (χ4v) is 1.43. The third-order valence-corrected chi connectivity index (χ3v) is 2.25. The molecular weight excluding hydrogens is 188 g/mol. The number of amides is 2. The first-order valence-electron chi connectivity index (χ1n) is 4.35. The minimum absolute atomic E-state index is 0.112. The van der Waals surface area contributed by atoms with E-state index in [1.165, 1.54) is 0 Å². The van der Waals surface area contributed by atoms with Crippen LogP contribution in [-0.2, 0) is 0 Å². The highest BCUT2D eigenvalue weighted by molar-refractivity contribution is 7.98. The van der Waals surface area contributed by atoms with Gasteiger partial charge < -0.3 is 15.7 Å². The van der Waals surface area contributed by atoms with Gasteiger partial charge in [-0.15, -0.1) is 0 Å². The SMILES string of the molecule is CSCC(C)NC(=O)NCCCO. The maximum atomic E-state index is 11.1. The Kier molecular flexibility index (Phi) is 7.93. The van der Waals surface area contributed by atoms with Crippen LogP contribution in [-0.4, -0.2) is 42.3 Å². The third kappa shape index (κ3) is 7.93. The lowest BCUT2D eigenvalue weighted by atomic mass is 10.4. The van der Waals surface area contributed by atoms with Gasteiger partial charge in [0.25, 0.3) is 0 Å². The van der Waals surface area contributed by atoms with Crippen molar-refractivity contribution in [3.8, 4) is 0 Å². The van der Waals surface area contributed by atoms with Gasteiger partial charge in [0.1, 0.15) is 0 Å². The molecule has 78 valence electrons. The van der Waals surface area contributed by atoms with Crippen molar-refractivity contribution in [1.29, 1.82) is 0 Å². The number of aliphatic hydroxyl groups excluding tert-OH is 1. The van der Waals surface area contributed by atoms with Crippen molar-refractivity contribution in [2.45, 2.75) is 19.4 Å². The number of thioether (sulfide) groups is 1. The number of carbonyl (C=O) groups is 1. The predicted molar refractivity (Wildman–Crippen MR) is 56.1 cm³/mol. The topological polar surface area (TPSA) is 61.4 Å². The van der Waals surface area contributed by atoms with Crippen LogP contribution in [0.3, 0.4) is 0 Å². The summed E-state index contributed by atoms with van der Waals surface area (Å²) in [5, 5.41) is 13.9. The van der Waals surface area contributed by atoms with Crippen molar-refractivity contribution < 1.29 is 9.90 Å². The second-order valence-corrected chi connectivity index (χ2v) is 3.74. The Morgan fingerprint density at radius 3 is 2.85 bits per heavy atom. The number of rotatable bonds is 6. The zero-order chi connectivity index (χ0) is 10.1. The van der Waals surface area contributed by atoms with Gasteiger partial charge in [-0.3, -0.25) is 0 Å². The van der Waals surface area contributed by atoms with Crippen LogP contribution in [0.4, 0.5) is 4.79 Å². The molecule has 0 saturated carbocycles. The van der Waals surface area contributed by atoms with Crippen molar-refractivity contribution in [2.24, 2.45) is 0 Å². The molecule has 0 aliphatic heterocycles. The molecular formula is C8H18N2O2S. The average Bonchev–Trinajstić information content (AvgIpc) is 2.05. The van der Waals surface area contributed by atoms with Crippen LogP contribution in [0, 0.1) is 0 Å². The Bertz CT molecular complexity index is 144. The van der Waals surface area contributed by atoms with Crippen LogP contribution >= 0.6 is 11.8 Å². The van der Waals surface area contributed by atoms with Gasteiger partial charge in [0.05, 0.1) is 0 Å². The molecule has 2 amide bonds. The van der Waals surface area contributed by atoms with E-state index in [0.717, 1.165) is 5.75 Å². The van der Waals surface area contributed by atoms with Gasteiger partial charge in [-0.05, 0) is 19.6 Å². The van der Waals surface area contributed by atoms with Crippen LogP contribution in [0.25, 0.3) is 0 Å². The summed E-state index contributed by atoms with van der Waals surface area (Å²) < 4.78 is 0. The van der Waals surface area contributed by atoms with Gasteiger partial charge in [-0.1, -0.05) is 0 Å². The molecule has 1 atom stereocenters. The van der Waals surface area contributed by atoms with Crippen molar-refractivity contribution in [2.75, 3.05) is 25.2 Å². The molecule has 4 nitrogen and oxygen atoms in total. The number of nitrogens with one attached hydrogen (secondary N) is 2. The molecule has 0 saturated heterocycles. The van der Waals surface area contributed by atoms with Gasteiger partial charge in [0.2, 0.25) is 0 Å². The number of urea groups is 1. The molecule has 1 unspecified atom stereocenters. The van der Waals surface area contributed by atoms with E-state index in [-0.39, 0.29) is 18.7 Å². The van der Waals surface area contributed by atoms with Crippen LogP contribution in [0.1, 0.15) is 13.3 Å². The highest BCUT2D eigenvalue weighted by Gasteiger charge is 2.04. The second-order valence-electron chi connectivity index (χ2n) is 2.83. The van der Waals surface area contributed by atoms with Crippen LogP contribution in [0.5, 0.6) is 0 Å². The summed E-state index contributed by atoms with van der Waals surface area (Å²) >= 11 is 1.70. The summed E-state index contributed by atoms with van der Waals surface area (Å²) in [4.78, 5) is 11.1. The van der Waals surface area contributed by atoms with Crippen molar-refractivity contribution >= 4 is 17.8 Å². The first-order chi connectivity index (χ1) is 6.20. The van der Waals surface area contributed by atoms with Gasteiger partial charge in [-0.2, -0.15) is 11.8 Å². The molecule has 5 heteroatoms. The number of hydrogen-bond donors (Lipinski definition) is 3. The molecule has 0 fully saturated rings. The van der Waals surface area contributed by atoms with Crippen molar-refractivity contribution in [1.82, 2.24) is 10.6 Å². The molecule has 0 rings (SSSR count). The smallest absolute Gasteiger partial charge is 0.315 e. The van der Waals surface area contributed by atoms with E-state index in [0.29, 0.717) is 13.0 Å². The number of aliphatic hydroxyl groups is 1. The van der Waals surface area contributed by atoms with Crippen LogP contribution in [0.15, 0.2) is 0 Å². The fourth-order valence-electron chi connectivity index (χ4n) is 0.847. The summed E-state index contributed by atoms with van der Waals surface area (Å²) in [6.07, 6.45) is 2.60. The average molecular weight is 206 g/mol. The molecule has 0 aromatic carbocycles. The fraction of sp³-hybridized carbons (Fsp3) is 0.875. The van der Waals surface area contributed by atoms with E-state index >= 15 is 0 Å². The molecule has 0 aliphatic carbocycles. The molecule has 3 N–H and O–H groups in total. The molecule has 0 bridgehead atoms. The summed E-state index contributed by atoms with van der Waals surface area (Å²) in [7, 11) is 0. The quantitative estimate of drug-likeness (QED) is 0.552. The molecule has 0 aromatic heterocycles. The molecule has 0 aromatic rings. The summed E-state index contributed by atoms with van der Waals surface area (Å²) in [6.45, 7) is 2.59. The van der Waals surface area contributed by atoms with Crippen LogP contribution in [0.2, 0.25) is 0 Å². The maximum Gasteiger partial charge on any atom is 0.315 e. The lowest BCUT2D eigenvalue weighted by Gasteiger charge is -2.12. The molecule has 0 radical (unpaired) electrons. The van der Waals surface area contributed by atoms with Crippen molar-refractivity contribution in [3.05, 3.63) is 0 Å². The van der Waals surface area contributed by atoms with E-state index in [2.05, 4.69) is 10.6 Å². The minimum Gasteiger partial charge on any atom is -0.396 e. The van der Waals surface area contributed by atoms with Crippen molar-refractivity contribution in [3.63, 3.8) is 0 Å². The number of hydrogen-bond acceptors (Lipinski definition) is 3.